The average molecular weight is 218 g/mol. The molecule has 16 heavy (non-hydrogen) atoms. The van der Waals surface area contributed by atoms with Crippen LogP contribution in [0.3, 0.4) is 0 Å². The van der Waals surface area contributed by atoms with E-state index in [0.717, 1.165) is 29.7 Å². The van der Waals surface area contributed by atoms with E-state index in [1.165, 1.54) is 11.1 Å². The van der Waals surface area contributed by atoms with Crippen LogP contribution < -0.4 is 0 Å². The molecule has 86 valence electrons. The number of nitrogens with zero attached hydrogens (tertiary/aromatic N) is 1. The largest absolute Gasteiger partial charge is 0.396 e. The molecule has 3 nitrogen and oxygen atoms in total. The van der Waals surface area contributed by atoms with Crippen LogP contribution in [0.25, 0.3) is 11.0 Å². The molecular weight excluding hydrogens is 200 g/mol. The first kappa shape index (κ1) is 11.1. The normalized spacial score (nSPS) is 11.2. The number of aliphatic hydroxyl groups excluding tert-OH is 1. The van der Waals surface area contributed by atoms with E-state index in [1.807, 2.05) is 0 Å². The highest BCUT2D eigenvalue weighted by Gasteiger charge is 2.06. The van der Waals surface area contributed by atoms with Gasteiger partial charge in [0.1, 0.15) is 5.82 Å². The Hall–Kier alpha value is -1.35. The Morgan fingerprint density at radius 3 is 2.81 bits per heavy atom. The number of benzene rings is 1. The topological polar surface area (TPSA) is 48.9 Å². The Morgan fingerprint density at radius 1 is 1.31 bits per heavy atom. The lowest BCUT2D eigenvalue weighted by atomic mass is 10.1. The fourth-order valence-corrected chi connectivity index (χ4v) is 2.04. The molecule has 0 saturated carbocycles. The van der Waals surface area contributed by atoms with Crippen LogP contribution in [-0.4, -0.2) is 21.7 Å². The average Bonchev–Trinajstić information content (AvgIpc) is 2.62. The monoisotopic (exact) mass is 218 g/mol. The Labute approximate surface area is 95.5 Å². The second-order valence-electron chi connectivity index (χ2n) is 4.22. The van der Waals surface area contributed by atoms with E-state index in [4.69, 9.17) is 5.11 Å². The molecule has 1 aromatic carbocycles. The van der Waals surface area contributed by atoms with E-state index in [9.17, 15) is 0 Å². The zero-order chi connectivity index (χ0) is 11.5. The van der Waals surface area contributed by atoms with Gasteiger partial charge in [-0.15, -0.1) is 0 Å². The highest BCUT2D eigenvalue weighted by Crippen LogP contribution is 2.19. The summed E-state index contributed by atoms with van der Waals surface area (Å²) in [6.07, 6.45) is 2.80. The van der Waals surface area contributed by atoms with Gasteiger partial charge in [-0.1, -0.05) is 13.0 Å². The van der Waals surface area contributed by atoms with Gasteiger partial charge in [0.2, 0.25) is 0 Å². The first-order valence-electron chi connectivity index (χ1n) is 5.83. The first-order chi connectivity index (χ1) is 7.74. The van der Waals surface area contributed by atoms with Crippen LogP contribution in [0.5, 0.6) is 0 Å². The molecule has 0 fully saturated rings. The minimum atomic E-state index is 0.195. The van der Waals surface area contributed by atoms with Crippen LogP contribution in [0.1, 0.15) is 30.3 Å². The summed E-state index contributed by atoms with van der Waals surface area (Å²) in [5.41, 5.74) is 4.50. The lowest BCUT2D eigenvalue weighted by Gasteiger charge is -2.00. The van der Waals surface area contributed by atoms with Gasteiger partial charge in [0.25, 0.3) is 0 Å². The SMILES string of the molecule is CCCc1nc2c(C)cc(CCO)cc2[nH]1. The Morgan fingerprint density at radius 2 is 2.12 bits per heavy atom. The number of aromatic nitrogens is 2. The van der Waals surface area contributed by atoms with Gasteiger partial charge in [-0.05, 0) is 37.0 Å². The van der Waals surface area contributed by atoms with Crippen molar-refractivity contribution in [1.82, 2.24) is 9.97 Å². The number of imidazole rings is 1. The van der Waals surface area contributed by atoms with Crippen molar-refractivity contribution >= 4 is 11.0 Å². The van der Waals surface area contributed by atoms with Gasteiger partial charge < -0.3 is 10.1 Å². The van der Waals surface area contributed by atoms with Crippen molar-refractivity contribution in [1.29, 1.82) is 0 Å². The molecular formula is C13H18N2O. The van der Waals surface area contributed by atoms with Crippen LogP contribution in [0.4, 0.5) is 0 Å². The molecule has 0 atom stereocenters. The lowest BCUT2D eigenvalue weighted by molar-refractivity contribution is 0.299. The highest BCUT2D eigenvalue weighted by atomic mass is 16.2. The van der Waals surface area contributed by atoms with Gasteiger partial charge >= 0.3 is 0 Å². The van der Waals surface area contributed by atoms with Crippen molar-refractivity contribution in [2.24, 2.45) is 0 Å². The predicted octanol–water partition coefficient (Wildman–Crippen LogP) is 2.36. The molecule has 0 unspecified atom stereocenters. The molecule has 0 bridgehead atoms. The number of rotatable bonds is 4. The molecule has 2 rings (SSSR count). The third kappa shape index (κ3) is 2.09. The Kier molecular flexibility index (Phi) is 3.25. The molecule has 0 aliphatic rings. The molecule has 1 heterocycles. The molecule has 2 aromatic rings. The molecule has 0 spiro atoms. The maximum atomic E-state index is 8.95. The smallest absolute Gasteiger partial charge is 0.107 e. The zero-order valence-corrected chi connectivity index (χ0v) is 9.88. The van der Waals surface area contributed by atoms with Crippen molar-refractivity contribution in [2.75, 3.05) is 6.61 Å². The number of H-pyrrole nitrogens is 1. The third-order valence-corrected chi connectivity index (χ3v) is 2.77. The molecule has 3 heteroatoms. The van der Waals surface area contributed by atoms with Crippen molar-refractivity contribution in [3.8, 4) is 0 Å². The number of hydrogen-bond acceptors (Lipinski definition) is 2. The molecule has 0 aliphatic carbocycles. The standard InChI is InChI=1S/C13H18N2O/c1-3-4-12-14-11-8-10(5-6-16)7-9(2)13(11)15-12/h7-8,16H,3-6H2,1-2H3,(H,14,15). The van der Waals surface area contributed by atoms with Crippen LogP contribution in [0.2, 0.25) is 0 Å². The van der Waals surface area contributed by atoms with Crippen molar-refractivity contribution in [3.63, 3.8) is 0 Å². The second kappa shape index (κ2) is 4.66. The summed E-state index contributed by atoms with van der Waals surface area (Å²) in [6.45, 7) is 4.41. The fourth-order valence-electron chi connectivity index (χ4n) is 2.04. The summed E-state index contributed by atoms with van der Waals surface area (Å²) in [5.74, 6) is 1.06. The Balaban J connectivity index is 2.45. The molecule has 0 radical (unpaired) electrons. The van der Waals surface area contributed by atoms with Crippen molar-refractivity contribution in [2.45, 2.75) is 33.1 Å². The summed E-state index contributed by atoms with van der Waals surface area (Å²) in [4.78, 5) is 7.93. The summed E-state index contributed by atoms with van der Waals surface area (Å²) in [7, 11) is 0. The summed E-state index contributed by atoms with van der Waals surface area (Å²) in [6, 6.07) is 4.19. The lowest BCUT2D eigenvalue weighted by Crippen LogP contribution is -1.91. The number of hydrogen-bond donors (Lipinski definition) is 2. The second-order valence-corrected chi connectivity index (χ2v) is 4.22. The predicted molar refractivity (Wildman–Crippen MR) is 65.6 cm³/mol. The molecule has 0 aliphatic heterocycles. The number of aromatic amines is 1. The van der Waals surface area contributed by atoms with Crippen molar-refractivity contribution < 1.29 is 5.11 Å². The summed E-state index contributed by atoms with van der Waals surface area (Å²) < 4.78 is 0. The van der Waals surface area contributed by atoms with Gasteiger partial charge in [0.15, 0.2) is 0 Å². The Bertz CT molecular complexity index is 488. The van der Waals surface area contributed by atoms with Gasteiger partial charge in [-0.3, -0.25) is 0 Å². The molecule has 2 N–H and O–H groups in total. The summed E-state index contributed by atoms with van der Waals surface area (Å²) >= 11 is 0. The first-order valence-corrected chi connectivity index (χ1v) is 5.83. The molecule has 0 saturated heterocycles. The number of fused-ring (bicyclic) bond motifs is 1. The number of aryl methyl sites for hydroxylation is 2. The fraction of sp³-hybridized carbons (Fsp3) is 0.462. The van der Waals surface area contributed by atoms with Crippen LogP contribution in [0.15, 0.2) is 12.1 Å². The van der Waals surface area contributed by atoms with E-state index in [1.54, 1.807) is 0 Å². The minimum absolute atomic E-state index is 0.195. The van der Waals surface area contributed by atoms with Crippen molar-refractivity contribution in [3.05, 3.63) is 29.1 Å². The number of aliphatic hydroxyl groups is 1. The van der Waals surface area contributed by atoms with Crippen LogP contribution in [-0.2, 0) is 12.8 Å². The molecule has 0 amide bonds. The number of nitrogens with one attached hydrogen (secondary N) is 1. The van der Waals surface area contributed by atoms with E-state index in [-0.39, 0.29) is 6.61 Å². The molecule has 1 aromatic heterocycles. The maximum absolute atomic E-state index is 8.95. The zero-order valence-electron chi connectivity index (χ0n) is 9.88. The van der Waals surface area contributed by atoms with E-state index >= 15 is 0 Å². The van der Waals surface area contributed by atoms with Gasteiger partial charge in [-0.2, -0.15) is 0 Å². The van der Waals surface area contributed by atoms with Crippen LogP contribution >= 0.6 is 0 Å². The third-order valence-electron chi connectivity index (χ3n) is 2.77. The summed E-state index contributed by atoms with van der Waals surface area (Å²) in [5, 5.41) is 8.95. The van der Waals surface area contributed by atoms with Gasteiger partial charge in [0, 0.05) is 13.0 Å². The van der Waals surface area contributed by atoms with E-state index < -0.39 is 0 Å². The minimum Gasteiger partial charge on any atom is -0.396 e. The quantitative estimate of drug-likeness (QED) is 0.827. The van der Waals surface area contributed by atoms with Gasteiger partial charge in [-0.25, -0.2) is 4.98 Å². The maximum Gasteiger partial charge on any atom is 0.107 e. The van der Waals surface area contributed by atoms with E-state index in [0.29, 0.717) is 6.42 Å². The van der Waals surface area contributed by atoms with E-state index in [2.05, 4.69) is 35.9 Å². The van der Waals surface area contributed by atoms with Crippen LogP contribution in [0, 0.1) is 6.92 Å². The van der Waals surface area contributed by atoms with Gasteiger partial charge in [0.05, 0.1) is 11.0 Å². The highest BCUT2D eigenvalue weighted by molar-refractivity contribution is 5.79.